The molecule has 1 aromatic rings. The molecule has 5 heteroatoms. The van der Waals surface area contributed by atoms with Crippen LogP contribution in [0.3, 0.4) is 0 Å². The molecule has 0 aromatic heterocycles. The number of ether oxygens (including phenoxy) is 1. The molecule has 0 aliphatic carbocycles. The molecule has 4 nitrogen and oxygen atoms in total. The fraction of sp³-hybridized carbons (Fsp3) is 0.533. The zero-order valence-corrected chi connectivity index (χ0v) is 12.5. The largest absolute Gasteiger partial charge is 0.444 e. The Bertz CT molecular complexity index is 449. The van der Waals surface area contributed by atoms with E-state index in [2.05, 4.69) is 5.32 Å². The maximum Gasteiger partial charge on any atom is 0.407 e. The van der Waals surface area contributed by atoms with Crippen molar-refractivity contribution in [1.29, 1.82) is 0 Å². The molecule has 1 atom stereocenters. The van der Waals surface area contributed by atoms with Gasteiger partial charge in [0.05, 0.1) is 0 Å². The normalized spacial score (nSPS) is 12.9. The SMILES string of the molecule is Cc1cccc(F)c1CC(CN)NC(=O)OC(C)(C)C. The minimum absolute atomic E-state index is 0.215. The Balaban J connectivity index is 2.71. The first-order chi connectivity index (χ1) is 9.23. The molecule has 1 amide bonds. The summed E-state index contributed by atoms with van der Waals surface area (Å²) in [5.74, 6) is -0.283. The van der Waals surface area contributed by atoms with E-state index in [1.54, 1.807) is 26.8 Å². The molecular weight excluding hydrogens is 259 g/mol. The molecule has 20 heavy (non-hydrogen) atoms. The Kier molecular flexibility index (Phi) is 5.51. The Labute approximate surface area is 119 Å². The summed E-state index contributed by atoms with van der Waals surface area (Å²) >= 11 is 0. The van der Waals surface area contributed by atoms with E-state index in [1.807, 2.05) is 13.0 Å². The van der Waals surface area contributed by atoms with E-state index >= 15 is 0 Å². The average Bonchev–Trinajstić information content (AvgIpc) is 2.30. The van der Waals surface area contributed by atoms with Crippen LogP contribution in [0.15, 0.2) is 18.2 Å². The first-order valence-corrected chi connectivity index (χ1v) is 6.66. The molecule has 1 unspecified atom stereocenters. The average molecular weight is 282 g/mol. The lowest BCUT2D eigenvalue weighted by Gasteiger charge is -2.23. The van der Waals surface area contributed by atoms with Gasteiger partial charge in [0.25, 0.3) is 0 Å². The van der Waals surface area contributed by atoms with Gasteiger partial charge in [-0.3, -0.25) is 0 Å². The molecule has 0 fully saturated rings. The van der Waals surface area contributed by atoms with Gasteiger partial charge in [0, 0.05) is 12.6 Å². The lowest BCUT2D eigenvalue weighted by atomic mass is 10.0. The topological polar surface area (TPSA) is 64.3 Å². The highest BCUT2D eigenvalue weighted by atomic mass is 19.1. The minimum atomic E-state index is -0.572. The molecule has 1 rings (SSSR count). The predicted octanol–water partition coefficient (Wildman–Crippen LogP) is 2.53. The monoisotopic (exact) mass is 282 g/mol. The number of carbonyl (C=O) groups excluding carboxylic acids is 1. The van der Waals surface area contributed by atoms with Gasteiger partial charge >= 0.3 is 6.09 Å². The van der Waals surface area contributed by atoms with Crippen molar-refractivity contribution in [3.63, 3.8) is 0 Å². The van der Waals surface area contributed by atoms with Crippen LogP contribution in [0.1, 0.15) is 31.9 Å². The van der Waals surface area contributed by atoms with Crippen LogP contribution in [0.5, 0.6) is 0 Å². The van der Waals surface area contributed by atoms with Crippen molar-refractivity contribution >= 4 is 6.09 Å². The van der Waals surface area contributed by atoms with Gasteiger partial charge < -0.3 is 15.8 Å². The summed E-state index contributed by atoms with van der Waals surface area (Å²) in [4.78, 5) is 11.7. The molecule has 0 spiro atoms. The highest BCUT2D eigenvalue weighted by Gasteiger charge is 2.20. The lowest BCUT2D eigenvalue weighted by Crippen LogP contribution is -2.44. The van der Waals surface area contributed by atoms with Crippen molar-refractivity contribution < 1.29 is 13.9 Å². The van der Waals surface area contributed by atoms with E-state index in [9.17, 15) is 9.18 Å². The molecule has 3 N–H and O–H groups in total. The Morgan fingerprint density at radius 3 is 2.60 bits per heavy atom. The Morgan fingerprint density at radius 2 is 2.10 bits per heavy atom. The van der Waals surface area contributed by atoms with Gasteiger partial charge in [-0.1, -0.05) is 12.1 Å². The van der Waals surface area contributed by atoms with Crippen LogP contribution in [0, 0.1) is 12.7 Å². The van der Waals surface area contributed by atoms with E-state index in [0.717, 1.165) is 5.56 Å². The molecule has 0 radical (unpaired) electrons. The van der Waals surface area contributed by atoms with E-state index in [1.165, 1.54) is 6.07 Å². The van der Waals surface area contributed by atoms with Gasteiger partial charge in [-0.2, -0.15) is 0 Å². The number of nitrogens with one attached hydrogen (secondary N) is 1. The van der Waals surface area contributed by atoms with Crippen molar-refractivity contribution in [2.75, 3.05) is 6.54 Å². The molecule has 0 saturated heterocycles. The number of aryl methyl sites for hydroxylation is 1. The maximum atomic E-state index is 13.8. The molecule has 0 aliphatic rings. The maximum absolute atomic E-state index is 13.8. The van der Waals surface area contributed by atoms with Crippen LogP contribution in [0.4, 0.5) is 9.18 Å². The highest BCUT2D eigenvalue weighted by Crippen LogP contribution is 2.15. The van der Waals surface area contributed by atoms with E-state index in [4.69, 9.17) is 10.5 Å². The van der Waals surface area contributed by atoms with Gasteiger partial charge in [0.2, 0.25) is 0 Å². The number of carbonyl (C=O) groups is 1. The summed E-state index contributed by atoms with van der Waals surface area (Å²) in [5, 5.41) is 2.67. The zero-order valence-electron chi connectivity index (χ0n) is 12.5. The number of amides is 1. The summed E-state index contributed by atoms with van der Waals surface area (Å²) in [6, 6.07) is 4.54. The second-order valence-corrected chi connectivity index (χ2v) is 5.82. The van der Waals surface area contributed by atoms with Crippen LogP contribution < -0.4 is 11.1 Å². The van der Waals surface area contributed by atoms with Crippen LogP contribution >= 0.6 is 0 Å². The Hall–Kier alpha value is -1.62. The summed E-state index contributed by atoms with van der Waals surface area (Å²) < 4.78 is 18.9. The summed E-state index contributed by atoms with van der Waals surface area (Å²) in [6.45, 7) is 7.40. The third kappa shape index (κ3) is 5.17. The molecule has 0 bridgehead atoms. The molecule has 1 aromatic carbocycles. The van der Waals surface area contributed by atoms with Crippen molar-refractivity contribution in [2.45, 2.75) is 45.8 Å². The fourth-order valence-electron chi connectivity index (χ4n) is 1.84. The predicted molar refractivity (Wildman–Crippen MR) is 77.1 cm³/mol. The van der Waals surface area contributed by atoms with Crippen molar-refractivity contribution in [3.8, 4) is 0 Å². The van der Waals surface area contributed by atoms with Gasteiger partial charge in [-0.15, -0.1) is 0 Å². The standard InChI is InChI=1S/C15H23FN2O2/c1-10-6-5-7-13(16)12(10)8-11(9-17)18-14(19)20-15(2,3)4/h5-7,11H,8-9,17H2,1-4H3,(H,18,19). The molecule has 112 valence electrons. The molecule has 0 heterocycles. The van der Waals surface area contributed by atoms with Gasteiger partial charge in [0.1, 0.15) is 11.4 Å². The van der Waals surface area contributed by atoms with Gasteiger partial charge in [0.15, 0.2) is 0 Å². The zero-order chi connectivity index (χ0) is 15.3. The number of benzene rings is 1. The van der Waals surface area contributed by atoms with Gasteiger partial charge in [-0.25, -0.2) is 9.18 Å². The first-order valence-electron chi connectivity index (χ1n) is 6.66. The van der Waals surface area contributed by atoms with Crippen LogP contribution in [0.25, 0.3) is 0 Å². The fourth-order valence-corrected chi connectivity index (χ4v) is 1.84. The number of alkyl carbamates (subject to hydrolysis) is 1. The number of hydrogen-bond donors (Lipinski definition) is 2. The number of rotatable bonds is 4. The third-order valence-electron chi connectivity index (χ3n) is 2.81. The van der Waals surface area contributed by atoms with Crippen LogP contribution in [-0.4, -0.2) is 24.3 Å². The smallest absolute Gasteiger partial charge is 0.407 e. The molecular formula is C15H23FN2O2. The second-order valence-electron chi connectivity index (χ2n) is 5.82. The Morgan fingerprint density at radius 1 is 1.45 bits per heavy atom. The van der Waals surface area contributed by atoms with Crippen molar-refractivity contribution in [1.82, 2.24) is 5.32 Å². The van der Waals surface area contributed by atoms with Gasteiger partial charge in [-0.05, 0) is 51.3 Å². The number of halogens is 1. The summed E-state index contributed by atoms with van der Waals surface area (Å²) in [7, 11) is 0. The summed E-state index contributed by atoms with van der Waals surface area (Å²) in [5.41, 5.74) is 6.48. The van der Waals surface area contributed by atoms with E-state index < -0.39 is 11.7 Å². The third-order valence-corrected chi connectivity index (χ3v) is 2.81. The molecule has 0 aliphatic heterocycles. The highest BCUT2D eigenvalue weighted by molar-refractivity contribution is 5.68. The minimum Gasteiger partial charge on any atom is -0.444 e. The van der Waals surface area contributed by atoms with Crippen molar-refractivity contribution in [3.05, 3.63) is 35.1 Å². The quantitative estimate of drug-likeness (QED) is 0.892. The molecule has 0 saturated carbocycles. The van der Waals surface area contributed by atoms with Crippen LogP contribution in [-0.2, 0) is 11.2 Å². The van der Waals surface area contributed by atoms with E-state index in [-0.39, 0.29) is 18.4 Å². The second kappa shape index (κ2) is 6.70. The van der Waals surface area contributed by atoms with Crippen molar-refractivity contribution in [2.24, 2.45) is 5.73 Å². The van der Waals surface area contributed by atoms with Crippen LogP contribution in [0.2, 0.25) is 0 Å². The summed E-state index contributed by atoms with van der Waals surface area (Å²) in [6.07, 6.45) is -0.198. The number of nitrogens with two attached hydrogens (primary N) is 1. The number of hydrogen-bond acceptors (Lipinski definition) is 3. The first kappa shape index (κ1) is 16.4. The lowest BCUT2D eigenvalue weighted by molar-refractivity contribution is 0.0505. The van der Waals surface area contributed by atoms with E-state index in [0.29, 0.717) is 12.0 Å².